The minimum Gasteiger partial charge on any atom is -0.440 e. The molecule has 5 heteroatoms. The molecule has 1 aromatic carbocycles. The predicted molar refractivity (Wildman–Crippen MR) is 95.4 cm³/mol. The summed E-state index contributed by atoms with van der Waals surface area (Å²) in [6.07, 6.45) is 1.72. The lowest BCUT2D eigenvalue weighted by molar-refractivity contribution is -0.121. The van der Waals surface area contributed by atoms with Gasteiger partial charge in [0.25, 0.3) is 0 Å². The fourth-order valence-corrected chi connectivity index (χ4v) is 2.72. The first-order valence-electron chi connectivity index (χ1n) is 8.50. The number of rotatable bonds is 8. The van der Waals surface area contributed by atoms with Crippen LogP contribution < -0.4 is 11.1 Å². The number of benzene rings is 1. The first-order chi connectivity index (χ1) is 11.5. The van der Waals surface area contributed by atoms with E-state index in [4.69, 9.17) is 10.2 Å². The van der Waals surface area contributed by atoms with E-state index in [1.165, 1.54) is 0 Å². The van der Waals surface area contributed by atoms with Crippen molar-refractivity contribution < 1.29 is 9.21 Å². The smallest absolute Gasteiger partial charge is 0.220 e. The molecule has 0 fully saturated rings. The maximum Gasteiger partial charge on any atom is 0.220 e. The van der Waals surface area contributed by atoms with E-state index in [0.717, 1.165) is 23.4 Å². The zero-order valence-electron chi connectivity index (χ0n) is 14.7. The number of aryl methyl sites for hydroxylation is 2. The SMILES string of the molecule is Cc1nc(CCC(=O)NC(CN)CC(C)C)oc1-c1ccccc1. The van der Waals surface area contributed by atoms with Gasteiger partial charge < -0.3 is 15.5 Å². The van der Waals surface area contributed by atoms with E-state index in [0.29, 0.717) is 31.2 Å². The van der Waals surface area contributed by atoms with E-state index < -0.39 is 0 Å². The van der Waals surface area contributed by atoms with E-state index >= 15 is 0 Å². The largest absolute Gasteiger partial charge is 0.440 e. The highest BCUT2D eigenvalue weighted by atomic mass is 16.4. The molecule has 0 aliphatic rings. The molecule has 0 bridgehead atoms. The number of carbonyl (C=O) groups excluding carboxylic acids is 1. The number of nitrogens with one attached hydrogen (secondary N) is 1. The molecule has 5 nitrogen and oxygen atoms in total. The summed E-state index contributed by atoms with van der Waals surface area (Å²) in [5.74, 6) is 1.85. The van der Waals surface area contributed by atoms with Crippen LogP contribution in [0.5, 0.6) is 0 Å². The number of aromatic nitrogens is 1. The molecule has 3 N–H and O–H groups in total. The molecule has 130 valence electrons. The van der Waals surface area contributed by atoms with Gasteiger partial charge in [-0.1, -0.05) is 44.2 Å². The van der Waals surface area contributed by atoms with Crippen molar-refractivity contribution in [1.82, 2.24) is 10.3 Å². The van der Waals surface area contributed by atoms with Gasteiger partial charge in [-0.15, -0.1) is 0 Å². The van der Waals surface area contributed by atoms with Crippen molar-refractivity contribution in [3.05, 3.63) is 41.9 Å². The van der Waals surface area contributed by atoms with Crippen LogP contribution in [0, 0.1) is 12.8 Å². The minimum atomic E-state index is -0.0109. The van der Waals surface area contributed by atoms with Crippen molar-refractivity contribution in [2.75, 3.05) is 6.54 Å². The molecule has 0 saturated heterocycles. The molecule has 0 saturated carbocycles. The summed E-state index contributed by atoms with van der Waals surface area (Å²) >= 11 is 0. The number of nitrogens with zero attached hydrogens (tertiary/aromatic N) is 1. The molecule has 2 aromatic rings. The monoisotopic (exact) mass is 329 g/mol. The lowest BCUT2D eigenvalue weighted by Crippen LogP contribution is -2.41. The van der Waals surface area contributed by atoms with E-state index in [1.54, 1.807) is 0 Å². The topological polar surface area (TPSA) is 81.2 Å². The zero-order valence-corrected chi connectivity index (χ0v) is 14.7. The van der Waals surface area contributed by atoms with Crippen molar-refractivity contribution in [3.63, 3.8) is 0 Å². The Morgan fingerprint density at radius 1 is 1.29 bits per heavy atom. The second-order valence-corrected chi connectivity index (χ2v) is 6.52. The van der Waals surface area contributed by atoms with Crippen molar-refractivity contribution in [2.24, 2.45) is 11.7 Å². The first-order valence-corrected chi connectivity index (χ1v) is 8.50. The zero-order chi connectivity index (χ0) is 17.5. The van der Waals surface area contributed by atoms with Crippen LogP contribution in [-0.2, 0) is 11.2 Å². The Balaban J connectivity index is 1.92. The van der Waals surface area contributed by atoms with Crippen LogP contribution >= 0.6 is 0 Å². The summed E-state index contributed by atoms with van der Waals surface area (Å²) in [5, 5.41) is 2.99. The molecule has 1 aromatic heterocycles. The van der Waals surface area contributed by atoms with Crippen LogP contribution in [0.15, 0.2) is 34.7 Å². The molecule has 1 unspecified atom stereocenters. The van der Waals surface area contributed by atoms with Gasteiger partial charge in [-0.3, -0.25) is 4.79 Å². The molecule has 1 atom stereocenters. The Morgan fingerprint density at radius 3 is 2.62 bits per heavy atom. The number of carbonyl (C=O) groups is 1. The number of nitrogens with two attached hydrogens (primary N) is 1. The lowest BCUT2D eigenvalue weighted by Gasteiger charge is -2.18. The Hall–Kier alpha value is -2.14. The molecule has 0 radical (unpaired) electrons. The molecule has 2 rings (SSSR count). The van der Waals surface area contributed by atoms with Gasteiger partial charge in [-0.05, 0) is 19.3 Å². The van der Waals surface area contributed by atoms with Gasteiger partial charge in [0.05, 0.1) is 5.69 Å². The summed E-state index contributed by atoms with van der Waals surface area (Å²) in [7, 11) is 0. The highest BCUT2D eigenvalue weighted by Crippen LogP contribution is 2.24. The fraction of sp³-hybridized carbons (Fsp3) is 0.474. The second kappa shape index (κ2) is 8.64. The molecule has 0 spiro atoms. The second-order valence-electron chi connectivity index (χ2n) is 6.52. The van der Waals surface area contributed by atoms with Crippen LogP contribution in [0.2, 0.25) is 0 Å². The van der Waals surface area contributed by atoms with Gasteiger partial charge in [0, 0.05) is 31.0 Å². The normalized spacial score (nSPS) is 12.4. The quantitative estimate of drug-likeness (QED) is 0.780. The Kier molecular flexibility index (Phi) is 6.55. The summed E-state index contributed by atoms with van der Waals surface area (Å²) in [6, 6.07) is 9.90. The molecule has 0 aliphatic heterocycles. The van der Waals surface area contributed by atoms with Gasteiger partial charge >= 0.3 is 0 Å². The first kappa shape index (κ1) is 18.2. The fourth-order valence-electron chi connectivity index (χ4n) is 2.72. The summed E-state index contributed by atoms with van der Waals surface area (Å²) in [4.78, 5) is 16.5. The van der Waals surface area contributed by atoms with E-state index in [1.807, 2.05) is 37.3 Å². The van der Waals surface area contributed by atoms with Crippen LogP contribution in [0.1, 0.15) is 38.3 Å². The molecule has 1 amide bonds. The van der Waals surface area contributed by atoms with Crippen LogP contribution in [0.25, 0.3) is 11.3 Å². The number of amides is 1. The van der Waals surface area contributed by atoms with Gasteiger partial charge in [-0.25, -0.2) is 4.98 Å². The van der Waals surface area contributed by atoms with Gasteiger partial charge in [-0.2, -0.15) is 0 Å². The predicted octanol–water partition coefficient (Wildman–Crippen LogP) is 3.07. The Labute approximate surface area is 143 Å². The van der Waals surface area contributed by atoms with Crippen molar-refractivity contribution in [2.45, 2.75) is 46.1 Å². The van der Waals surface area contributed by atoms with Crippen molar-refractivity contribution in [1.29, 1.82) is 0 Å². The van der Waals surface area contributed by atoms with Crippen LogP contribution in [0.4, 0.5) is 0 Å². The maximum absolute atomic E-state index is 12.1. The van der Waals surface area contributed by atoms with Crippen LogP contribution in [-0.4, -0.2) is 23.5 Å². The highest BCUT2D eigenvalue weighted by molar-refractivity contribution is 5.76. The molecular formula is C19H27N3O2. The van der Waals surface area contributed by atoms with Gasteiger partial charge in [0.1, 0.15) is 0 Å². The average molecular weight is 329 g/mol. The van der Waals surface area contributed by atoms with Crippen molar-refractivity contribution >= 4 is 5.91 Å². The molecule has 1 heterocycles. The summed E-state index contributed by atoms with van der Waals surface area (Å²) in [5.41, 5.74) is 7.56. The third kappa shape index (κ3) is 5.20. The lowest BCUT2D eigenvalue weighted by atomic mass is 10.0. The summed E-state index contributed by atoms with van der Waals surface area (Å²) in [6.45, 7) is 6.62. The molecule has 24 heavy (non-hydrogen) atoms. The average Bonchev–Trinajstić information content (AvgIpc) is 2.93. The third-order valence-corrected chi connectivity index (χ3v) is 3.85. The molecular weight excluding hydrogens is 302 g/mol. The van der Waals surface area contributed by atoms with E-state index in [2.05, 4.69) is 24.1 Å². The van der Waals surface area contributed by atoms with Gasteiger partial charge in [0.2, 0.25) is 5.91 Å². The Morgan fingerprint density at radius 2 is 2.00 bits per heavy atom. The number of hydrogen-bond donors (Lipinski definition) is 2. The standard InChI is InChI=1S/C19H27N3O2/c1-13(2)11-16(12-20)22-17(23)9-10-18-21-14(3)19(24-18)15-7-5-4-6-8-15/h4-8,13,16H,9-12,20H2,1-3H3,(H,22,23). The minimum absolute atomic E-state index is 0.0109. The number of oxazole rings is 1. The van der Waals surface area contributed by atoms with E-state index in [9.17, 15) is 4.79 Å². The number of hydrogen-bond acceptors (Lipinski definition) is 4. The van der Waals surface area contributed by atoms with Gasteiger partial charge in [0.15, 0.2) is 11.7 Å². The highest BCUT2D eigenvalue weighted by Gasteiger charge is 2.15. The van der Waals surface area contributed by atoms with Crippen LogP contribution in [0.3, 0.4) is 0 Å². The summed E-state index contributed by atoms with van der Waals surface area (Å²) < 4.78 is 5.83. The van der Waals surface area contributed by atoms with Crippen molar-refractivity contribution in [3.8, 4) is 11.3 Å². The Bertz CT molecular complexity index is 650. The third-order valence-electron chi connectivity index (χ3n) is 3.85. The maximum atomic E-state index is 12.1. The molecule has 0 aliphatic carbocycles. The van der Waals surface area contributed by atoms with E-state index in [-0.39, 0.29) is 11.9 Å².